The standard InChI is InChI=1S/C7H13N3O2/c1-2-12-4-3-10-6-8-9-7(10)5-11/h6,11H,2-5H2,1H3. The van der Waals surface area contributed by atoms with Gasteiger partial charge in [0.1, 0.15) is 12.9 Å². The molecule has 5 heteroatoms. The van der Waals surface area contributed by atoms with Crippen molar-refractivity contribution >= 4 is 0 Å². The smallest absolute Gasteiger partial charge is 0.158 e. The van der Waals surface area contributed by atoms with Gasteiger partial charge in [0.05, 0.1) is 6.61 Å². The van der Waals surface area contributed by atoms with Gasteiger partial charge in [-0.15, -0.1) is 10.2 Å². The van der Waals surface area contributed by atoms with E-state index in [-0.39, 0.29) is 6.61 Å². The van der Waals surface area contributed by atoms with Crippen molar-refractivity contribution in [3.05, 3.63) is 12.2 Å². The Morgan fingerprint density at radius 3 is 3.17 bits per heavy atom. The van der Waals surface area contributed by atoms with Gasteiger partial charge in [0, 0.05) is 13.2 Å². The molecule has 1 heterocycles. The van der Waals surface area contributed by atoms with Crippen molar-refractivity contribution in [3.8, 4) is 0 Å². The highest BCUT2D eigenvalue weighted by atomic mass is 16.5. The van der Waals surface area contributed by atoms with E-state index in [1.54, 1.807) is 10.9 Å². The average molecular weight is 171 g/mol. The maximum absolute atomic E-state index is 8.80. The molecule has 12 heavy (non-hydrogen) atoms. The van der Waals surface area contributed by atoms with Crippen LogP contribution < -0.4 is 0 Å². The predicted molar refractivity (Wildman–Crippen MR) is 42.4 cm³/mol. The first-order valence-corrected chi connectivity index (χ1v) is 3.93. The van der Waals surface area contributed by atoms with Gasteiger partial charge in [-0.1, -0.05) is 0 Å². The fourth-order valence-electron chi connectivity index (χ4n) is 0.895. The van der Waals surface area contributed by atoms with Crippen LogP contribution in [-0.4, -0.2) is 33.1 Å². The van der Waals surface area contributed by atoms with Crippen molar-refractivity contribution in [2.45, 2.75) is 20.1 Å². The van der Waals surface area contributed by atoms with Crippen molar-refractivity contribution < 1.29 is 9.84 Å². The normalized spacial score (nSPS) is 10.5. The lowest BCUT2D eigenvalue weighted by molar-refractivity contribution is 0.136. The molecule has 1 aromatic heterocycles. The zero-order valence-electron chi connectivity index (χ0n) is 7.10. The molecule has 0 radical (unpaired) electrons. The van der Waals surface area contributed by atoms with E-state index >= 15 is 0 Å². The highest BCUT2D eigenvalue weighted by Gasteiger charge is 2.00. The number of ether oxygens (including phenoxy) is 1. The van der Waals surface area contributed by atoms with Crippen molar-refractivity contribution in [2.24, 2.45) is 0 Å². The highest BCUT2D eigenvalue weighted by Crippen LogP contribution is 1.94. The summed E-state index contributed by atoms with van der Waals surface area (Å²) < 4.78 is 6.92. The van der Waals surface area contributed by atoms with E-state index in [9.17, 15) is 0 Å². The van der Waals surface area contributed by atoms with Crippen LogP contribution in [0.4, 0.5) is 0 Å². The Bertz CT molecular complexity index is 224. The molecule has 1 N–H and O–H groups in total. The number of aliphatic hydroxyl groups excluding tert-OH is 1. The molecule has 0 aromatic carbocycles. The van der Waals surface area contributed by atoms with Gasteiger partial charge in [0.2, 0.25) is 0 Å². The molecule has 0 fully saturated rings. The van der Waals surface area contributed by atoms with Crippen LogP contribution in [0, 0.1) is 0 Å². The third-order valence-electron chi connectivity index (χ3n) is 1.52. The minimum atomic E-state index is -0.0773. The number of nitrogens with zero attached hydrogens (tertiary/aromatic N) is 3. The van der Waals surface area contributed by atoms with Crippen molar-refractivity contribution in [3.63, 3.8) is 0 Å². The molecule has 0 bridgehead atoms. The van der Waals surface area contributed by atoms with Crippen molar-refractivity contribution in [2.75, 3.05) is 13.2 Å². The summed E-state index contributed by atoms with van der Waals surface area (Å²) in [6, 6.07) is 0. The minimum Gasteiger partial charge on any atom is -0.388 e. The topological polar surface area (TPSA) is 60.2 Å². The molecule has 0 aliphatic carbocycles. The van der Waals surface area contributed by atoms with Gasteiger partial charge in [-0.25, -0.2) is 0 Å². The lowest BCUT2D eigenvalue weighted by Gasteiger charge is -2.03. The van der Waals surface area contributed by atoms with E-state index in [1.165, 1.54) is 0 Å². The van der Waals surface area contributed by atoms with Gasteiger partial charge >= 0.3 is 0 Å². The molecule has 0 atom stereocenters. The molecule has 0 amide bonds. The van der Waals surface area contributed by atoms with Gasteiger partial charge in [-0.05, 0) is 6.92 Å². The fourth-order valence-corrected chi connectivity index (χ4v) is 0.895. The molecule has 68 valence electrons. The van der Waals surface area contributed by atoms with Crippen molar-refractivity contribution in [1.82, 2.24) is 14.8 Å². The minimum absolute atomic E-state index is 0.0773. The van der Waals surface area contributed by atoms with Crippen LogP contribution in [0.1, 0.15) is 12.7 Å². The van der Waals surface area contributed by atoms with Crippen molar-refractivity contribution in [1.29, 1.82) is 0 Å². The molecular formula is C7H13N3O2. The van der Waals surface area contributed by atoms with E-state index < -0.39 is 0 Å². The van der Waals surface area contributed by atoms with E-state index in [0.29, 0.717) is 25.6 Å². The highest BCUT2D eigenvalue weighted by molar-refractivity contribution is 4.81. The number of hydrogen-bond acceptors (Lipinski definition) is 4. The van der Waals surface area contributed by atoms with Gasteiger partial charge in [-0.3, -0.25) is 0 Å². The summed E-state index contributed by atoms with van der Waals surface area (Å²) in [6.45, 7) is 3.89. The summed E-state index contributed by atoms with van der Waals surface area (Å²) in [6.07, 6.45) is 1.59. The molecule has 5 nitrogen and oxygen atoms in total. The summed E-state index contributed by atoms with van der Waals surface area (Å²) in [7, 11) is 0. The summed E-state index contributed by atoms with van der Waals surface area (Å²) in [5.74, 6) is 0.578. The van der Waals surface area contributed by atoms with Crippen LogP contribution >= 0.6 is 0 Å². The summed E-state index contributed by atoms with van der Waals surface area (Å²) in [5, 5.41) is 16.2. The largest absolute Gasteiger partial charge is 0.388 e. The second kappa shape index (κ2) is 4.84. The lowest BCUT2D eigenvalue weighted by Crippen LogP contribution is -2.08. The Labute approximate surface area is 71.0 Å². The second-order valence-electron chi connectivity index (χ2n) is 2.30. The molecular weight excluding hydrogens is 158 g/mol. The first-order chi connectivity index (χ1) is 5.88. The molecule has 0 aliphatic heterocycles. The van der Waals surface area contributed by atoms with Crippen LogP contribution in [-0.2, 0) is 17.9 Å². The summed E-state index contributed by atoms with van der Waals surface area (Å²) in [5.41, 5.74) is 0. The van der Waals surface area contributed by atoms with Crippen LogP contribution in [0.15, 0.2) is 6.33 Å². The SMILES string of the molecule is CCOCCn1cnnc1CO. The number of aliphatic hydroxyl groups is 1. The second-order valence-corrected chi connectivity index (χ2v) is 2.30. The third-order valence-corrected chi connectivity index (χ3v) is 1.52. The molecule has 0 saturated heterocycles. The first-order valence-electron chi connectivity index (χ1n) is 3.93. The molecule has 1 rings (SSSR count). The quantitative estimate of drug-likeness (QED) is 0.624. The molecule has 1 aromatic rings. The Morgan fingerprint density at radius 2 is 2.50 bits per heavy atom. The van der Waals surface area contributed by atoms with E-state index in [2.05, 4.69) is 10.2 Å². The van der Waals surface area contributed by atoms with E-state index in [4.69, 9.17) is 9.84 Å². The van der Waals surface area contributed by atoms with E-state index in [0.717, 1.165) is 0 Å². The fraction of sp³-hybridized carbons (Fsp3) is 0.714. The Hall–Kier alpha value is -0.940. The van der Waals surface area contributed by atoms with Crippen LogP contribution in [0.5, 0.6) is 0 Å². The number of hydrogen-bond donors (Lipinski definition) is 1. The van der Waals surface area contributed by atoms with Gasteiger partial charge in [0.25, 0.3) is 0 Å². The summed E-state index contributed by atoms with van der Waals surface area (Å²) >= 11 is 0. The molecule has 0 unspecified atom stereocenters. The monoisotopic (exact) mass is 171 g/mol. The molecule has 0 aliphatic rings. The first kappa shape index (κ1) is 9.15. The third kappa shape index (κ3) is 2.28. The van der Waals surface area contributed by atoms with Gasteiger partial charge < -0.3 is 14.4 Å². The predicted octanol–water partition coefficient (Wildman–Crippen LogP) is -0.193. The van der Waals surface area contributed by atoms with E-state index in [1.807, 2.05) is 6.92 Å². The number of rotatable bonds is 5. The maximum atomic E-state index is 8.80. The van der Waals surface area contributed by atoms with Gasteiger partial charge in [-0.2, -0.15) is 0 Å². The van der Waals surface area contributed by atoms with Crippen LogP contribution in [0.2, 0.25) is 0 Å². The Balaban J connectivity index is 2.39. The maximum Gasteiger partial charge on any atom is 0.158 e. The summed E-state index contributed by atoms with van der Waals surface area (Å²) in [4.78, 5) is 0. The zero-order valence-corrected chi connectivity index (χ0v) is 7.10. The average Bonchev–Trinajstić information content (AvgIpc) is 2.52. The number of aromatic nitrogens is 3. The molecule has 0 saturated carbocycles. The molecule has 0 spiro atoms. The van der Waals surface area contributed by atoms with Crippen LogP contribution in [0.3, 0.4) is 0 Å². The Kier molecular flexibility index (Phi) is 3.69. The van der Waals surface area contributed by atoms with Crippen LogP contribution in [0.25, 0.3) is 0 Å². The Morgan fingerprint density at radius 1 is 1.67 bits per heavy atom. The lowest BCUT2D eigenvalue weighted by atomic mass is 10.6. The van der Waals surface area contributed by atoms with Gasteiger partial charge in [0.15, 0.2) is 5.82 Å². The zero-order chi connectivity index (χ0) is 8.81.